The molecule has 0 atom stereocenters. The third-order valence-corrected chi connectivity index (χ3v) is 6.06. The van der Waals surface area contributed by atoms with Crippen LogP contribution in [0.2, 0.25) is 0 Å². The summed E-state index contributed by atoms with van der Waals surface area (Å²) in [7, 11) is 0. The first kappa shape index (κ1) is 18.5. The molecule has 4 rings (SSSR count). The van der Waals surface area contributed by atoms with E-state index in [0.29, 0.717) is 17.1 Å². The number of para-hydroxylation sites is 1. The van der Waals surface area contributed by atoms with Crippen LogP contribution in [-0.4, -0.2) is 16.5 Å². The molecule has 28 heavy (non-hydrogen) atoms. The van der Waals surface area contributed by atoms with E-state index < -0.39 is 0 Å². The molecule has 0 saturated heterocycles. The average molecular weight is 404 g/mol. The molecule has 4 aromatic rings. The number of ether oxygens (including phenoxy) is 1. The molecule has 138 valence electrons. The monoisotopic (exact) mass is 403 g/mol. The summed E-state index contributed by atoms with van der Waals surface area (Å²) >= 11 is 3.04. The molecular weight excluding hydrogens is 386 g/mol. The second-order valence-corrected chi connectivity index (χ2v) is 8.10. The fraction of sp³-hybridized carbons (Fsp3) is 0.0435. The van der Waals surface area contributed by atoms with E-state index in [1.807, 2.05) is 78.2 Å². The molecule has 3 aromatic carbocycles. The summed E-state index contributed by atoms with van der Waals surface area (Å²) in [6, 6.07) is 26.9. The van der Waals surface area contributed by atoms with Crippen LogP contribution in [-0.2, 0) is 0 Å². The van der Waals surface area contributed by atoms with Crippen molar-refractivity contribution in [2.45, 2.75) is 4.34 Å². The van der Waals surface area contributed by atoms with Crippen LogP contribution in [0.25, 0.3) is 11.3 Å². The molecule has 0 bridgehead atoms. The maximum atomic E-state index is 12.5. The van der Waals surface area contributed by atoms with Crippen LogP contribution in [0.1, 0.15) is 10.4 Å². The first-order valence-electron chi connectivity index (χ1n) is 8.78. The number of carbonyl (C=O) groups is 1. The van der Waals surface area contributed by atoms with Crippen LogP contribution >= 0.6 is 23.1 Å². The van der Waals surface area contributed by atoms with Gasteiger partial charge in [0, 0.05) is 16.5 Å². The van der Waals surface area contributed by atoms with Gasteiger partial charge >= 0.3 is 0 Å². The minimum absolute atomic E-state index is 0.0766. The van der Waals surface area contributed by atoms with Gasteiger partial charge in [-0.25, -0.2) is 4.98 Å². The lowest BCUT2D eigenvalue weighted by atomic mass is 10.1. The topological polar surface area (TPSA) is 39.2 Å². The Labute approximate surface area is 172 Å². The van der Waals surface area contributed by atoms with Gasteiger partial charge in [0.2, 0.25) is 0 Å². The first-order chi connectivity index (χ1) is 13.8. The lowest BCUT2D eigenvalue weighted by molar-refractivity contribution is 0.102. The maximum absolute atomic E-state index is 12.5. The Morgan fingerprint density at radius 3 is 2.21 bits per heavy atom. The summed E-state index contributed by atoms with van der Waals surface area (Å²) in [5.41, 5.74) is 2.71. The van der Waals surface area contributed by atoms with Gasteiger partial charge in [0.25, 0.3) is 0 Å². The second-order valence-electron chi connectivity index (χ2n) is 6.02. The van der Waals surface area contributed by atoms with E-state index in [4.69, 9.17) is 4.74 Å². The number of aromatic nitrogens is 1. The van der Waals surface area contributed by atoms with Crippen molar-refractivity contribution in [3.05, 3.63) is 95.9 Å². The summed E-state index contributed by atoms with van der Waals surface area (Å²) in [6.07, 6.45) is 0. The zero-order valence-corrected chi connectivity index (χ0v) is 16.6. The summed E-state index contributed by atoms with van der Waals surface area (Å²) in [4.78, 5) is 17.1. The second kappa shape index (κ2) is 8.87. The Balaban J connectivity index is 1.34. The van der Waals surface area contributed by atoms with Gasteiger partial charge in [-0.05, 0) is 36.4 Å². The highest BCUT2D eigenvalue weighted by molar-refractivity contribution is 8.01. The highest BCUT2D eigenvalue weighted by Gasteiger charge is 2.10. The molecule has 5 heteroatoms. The first-order valence-corrected chi connectivity index (χ1v) is 10.6. The van der Waals surface area contributed by atoms with Gasteiger partial charge < -0.3 is 4.74 Å². The van der Waals surface area contributed by atoms with E-state index in [1.54, 1.807) is 23.5 Å². The zero-order chi connectivity index (χ0) is 19.2. The number of hydrogen-bond donors (Lipinski definition) is 0. The number of Topliss-reactive ketones (excluding diaryl/α,β-unsaturated/α-hetero) is 1. The molecule has 0 N–H and O–H groups in total. The summed E-state index contributed by atoms with van der Waals surface area (Å²) in [5, 5.41) is 2.03. The SMILES string of the molecule is O=C(CSc1nc(-c2ccccc2)cs1)c1ccc(Oc2ccccc2)cc1. The van der Waals surface area contributed by atoms with E-state index >= 15 is 0 Å². The van der Waals surface area contributed by atoms with Crippen molar-refractivity contribution in [3.63, 3.8) is 0 Å². The number of ketones is 1. The van der Waals surface area contributed by atoms with Crippen LogP contribution < -0.4 is 4.74 Å². The van der Waals surface area contributed by atoms with Crippen LogP contribution in [0.5, 0.6) is 11.5 Å². The summed E-state index contributed by atoms with van der Waals surface area (Å²) in [5.74, 6) is 1.92. The van der Waals surface area contributed by atoms with E-state index in [-0.39, 0.29) is 5.78 Å². The number of thiazole rings is 1. The predicted octanol–water partition coefficient (Wildman–Crippen LogP) is 6.58. The molecular formula is C23H17NO2S2. The third-order valence-electron chi connectivity index (χ3n) is 4.03. The number of thioether (sulfide) groups is 1. The number of nitrogens with zero attached hydrogens (tertiary/aromatic N) is 1. The highest BCUT2D eigenvalue weighted by Crippen LogP contribution is 2.29. The smallest absolute Gasteiger partial charge is 0.173 e. The van der Waals surface area contributed by atoms with Crippen molar-refractivity contribution in [2.75, 3.05) is 5.75 Å². The lowest BCUT2D eigenvalue weighted by Crippen LogP contribution is -2.02. The van der Waals surface area contributed by atoms with Crippen molar-refractivity contribution in [1.29, 1.82) is 0 Å². The van der Waals surface area contributed by atoms with Crippen molar-refractivity contribution in [2.24, 2.45) is 0 Å². The van der Waals surface area contributed by atoms with Gasteiger partial charge in [-0.3, -0.25) is 4.79 Å². The molecule has 0 aliphatic heterocycles. The molecule has 0 fully saturated rings. The molecule has 0 radical (unpaired) electrons. The van der Waals surface area contributed by atoms with Crippen molar-refractivity contribution in [3.8, 4) is 22.8 Å². The van der Waals surface area contributed by atoms with Gasteiger partial charge in [0.1, 0.15) is 11.5 Å². The largest absolute Gasteiger partial charge is 0.457 e. The van der Waals surface area contributed by atoms with Crippen LogP contribution in [0.4, 0.5) is 0 Å². The molecule has 0 saturated carbocycles. The highest BCUT2D eigenvalue weighted by atomic mass is 32.2. The van der Waals surface area contributed by atoms with Gasteiger partial charge in [0.15, 0.2) is 10.1 Å². The van der Waals surface area contributed by atoms with Crippen molar-refractivity contribution in [1.82, 2.24) is 4.98 Å². The van der Waals surface area contributed by atoms with E-state index in [0.717, 1.165) is 21.3 Å². The van der Waals surface area contributed by atoms with Crippen molar-refractivity contribution < 1.29 is 9.53 Å². The zero-order valence-electron chi connectivity index (χ0n) is 14.9. The van der Waals surface area contributed by atoms with Crippen LogP contribution in [0.3, 0.4) is 0 Å². The fourth-order valence-corrected chi connectivity index (χ4v) is 4.34. The quantitative estimate of drug-likeness (QED) is 0.258. The Bertz CT molecular complexity index is 1040. The fourth-order valence-electron chi connectivity index (χ4n) is 2.61. The van der Waals surface area contributed by atoms with Crippen molar-refractivity contribution >= 4 is 28.9 Å². The summed E-state index contributed by atoms with van der Waals surface area (Å²) in [6.45, 7) is 0. The molecule has 0 unspecified atom stereocenters. The Hall–Kier alpha value is -2.89. The normalized spacial score (nSPS) is 10.6. The predicted molar refractivity (Wildman–Crippen MR) is 116 cm³/mol. The summed E-state index contributed by atoms with van der Waals surface area (Å²) < 4.78 is 6.66. The Morgan fingerprint density at radius 1 is 0.857 bits per heavy atom. The maximum Gasteiger partial charge on any atom is 0.173 e. The lowest BCUT2D eigenvalue weighted by Gasteiger charge is -2.06. The number of carbonyl (C=O) groups excluding carboxylic acids is 1. The Kier molecular flexibility index (Phi) is 5.85. The third kappa shape index (κ3) is 4.68. The van der Waals surface area contributed by atoms with Gasteiger partial charge in [0.05, 0.1) is 11.4 Å². The Morgan fingerprint density at radius 2 is 1.50 bits per heavy atom. The van der Waals surface area contributed by atoms with E-state index in [2.05, 4.69) is 4.98 Å². The number of rotatable bonds is 7. The minimum atomic E-state index is 0.0766. The molecule has 0 amide bonds. The number of hydrogen-bond acceptors (Lipinski definition) is 5. The molecule has 0 aliphatic rings. The van der Waals surface area contributed by atoms with Gasteiger partial charge in [-0.2, -0.15) is 0 Å². The molecule has 0 aliphatic carbocycles. The number of benzene rings is 3. The molecule has 0 spiro atoms. The van der Waals surface area contributed by atoms with Gasteiger partial charge in [-0.15, -0.1) is 11.3 Å². The van der Waals surface area contributed by atoms with Crippen LogP contribution in [0, 0.1) is 0 Å². The van der Waals surface area contributed by atoms with Gasteiger partial charge in [-0.1, -0.05) is 60.3 Å². The van der Waals surface area contributed by atoms with Crippen LogP contribution in [0.15, 0.2) is 94.6 Å². The van der Waals surface area contributed by atoms with E-state index in [1.165, 1.54) is 11.8 Å². The van der Waals surface area contributed by atoms with E-state index in [9.17, 15) is 4.79 Å². The average Bonchev–Trinajstić information content (AvgIpc) is 3.23. The minimum Gasteiger partial charge on any atom is -0.457 e. The standard InChI is InChI=1S/C23H17NO2S2/c25-22(16-28-23-24-21(15-27-23)17-7-3-1-4-8-17)18-11-13-20(14-12-18)26-19-9-5-2-6-10-19/h1-15H,16H2. The molecule has 1 aromatic heterocycles. The molecule has 1 heterocycles. The molecule has 3 nitrogen and oxygen atoms in total.